The van der Waals surface area contributed by atoms with E-state index in [1.165, 1.54) is 12.3 Å². The lowest BCUT2D eigenvalue weighted by atomic mass is 10.1. The summed E-state index contributed by atoms with van der Waals surface area (Å²) >= 11 is 0. The molecule has 0 saturated heterocycles. The van der Waals surface area contributed by atoms with Gasteiger partial charge in [0.25, 0.3) is 17.7 Å². The largest absolute Gasteiger partial charge is 0.465 e. The van der Waals surface area contributed by atoms with Crippen molar-refractivity contribution in [3.8, 4) is 0 Å². The average molecular weight is 476 g/mol. The van der Waals surface area contributed by atoms with Gasteiger partial charge in [0, 0.05) is 16.8 Å². The second-order valence-electron chi connectivity index (χ2n) is 8.14. The maximum atomic E-state index is 13.1. The Morgan fingerprint density at radius 1 is 0.806 bits per heavy atom. The van der Waals surface area contributed by atoms with Gasteiger partial charge in [0.2, 0.25) is 0 Å². The number of imide groups is 1. The van der Waals surface area contributed by atoms with Crippen molar-refractivity contribution >= 4 is 35.3 Å². The Labute approximate surface area is 206 Å². The molecule has 7 nitrogen and oxygen atoms in total. The average Bonchev–Trinajstić information content (AvgIpc) is 3.51. The Morgan fingerprint density at radius 2 is 1.47 bits per heavy atom. The zero-order chi connectivity index (χ0) is 25.1. The molecule has 2 heterocycles. The van der Waals surface area contributed by atoms with Crippen molar-refractivity contribution in [2.75, 3.05) is 5.32 Å². The van der Waals surface area contributed by atoms with Crippen LogP contribution in [0.4, 0.5) is 5.69 Å². The molecule has 0 unspecified atom stereocenters. The number of anilines is 1. The van der Waals surface area contributed by atoms with Gasteiger partial charge in [0.15, 0.2) is 5.78 Å². The zero-order valence-electron chi connectivity index (χ0n) is 19.0. The molecule has 0 atom stereocenters. The summed E-state index contributed by atoms with van der Waals surface area (Å²) in [6, 6.07) is 23.5. The van der Waals surface area contributed by atoms with Gasteiger partial charge in [-0.15, -0.1) is 0 Å². The lowest BCUT2D eigenvalue weighted by Gasteiger charge is -2.16. The third-order valence-electron chi connectivity index (χ3n) is 5.84. The van der Waals surface area contributed by atoms with Crippen molar-refractivity contribution in [1.82, 2.24) is 4.90 Å². The van der Waals surface area contributed by atoms with Gasteiger partial charge in [-0.05, 0) is 72.3 Å². The Balaban J connectivity index is 1.28. The number of rotatable bonds is 7. The van der Waals surface area contributed by atoms with E-state index in [4.69, 9.17) is 4.42 Å². The molecule has 0 fully saturated rings. The number of allylic oxidation sites excluding steroid dienone is 1. The lowest BCUT2D eigenvalue weighted by molar-refractivity contribution is 0.0640. The van der Waals surface area contributed by atoms with Crippen LogP contribution in [0.25, 0.3) is 6.08 Å². The number of carbonyl (C=O) groups is 4. The van der Waals surface area contributed by atoms with Crippen LogP contribution in [0.3, 0.4) is 0 Å². The fourth-order valence-corrected chi connectivity index (χ4v) is 3.99. The molecule has 1 aromatic heterocycles. The van der Waals surface area contributed by atoms with Crippen LogP contribution in [0.15, 0.2) is 102 Å². The predicted octanol–water partition coefficient (Wildman–Crippen LogP) is 5.22. The second-order valence-corrected chi connectivity index (χ2v) is 8.14. The fourth-order valence-electron chi connectivity index (χ4n) is 3.99. The van der Waals surface area contributed by atoms with E-state index >= 15 is 0 Å². The minimum Gasteiger partial charge on any atom is -0.465 e. The number of amides is 3. The summed E-state index contributed by atoms with van der Waals surface area (Å²) in [6.07, 6.45) is 4.53. The summed E-state index contributed by atoms with van der Waals surface area (Å²) < 4.78 is 5.18. The molecule has 36 heavy (non-hydrogen) atoms. The molecule has 3 amide bonds. The molecule has 176 valence electrons. The van der Waals surface area contributed by atoms with Gasteiger partial charge in [0.05, 0.1) is 23.9 Å². The van der Waals surface area contributed by atoms with E-state index in [1.807, 2.05) is 0 Å². The van der Waals surface area contributed by atoms with E-state index in [9.17, 15) is 19.2 Å². The number of carbonyl (C=O) groups excluding carboxylic acids is 4. The molecule has 5 rings (SSSR count). The molecular weight excluding hydrogens is 456 g/mol. The van der Waals surface area contributed by atoms with Crippen LogP contribution in [-0.2, 0) is 6.54 Å². The Hall–Kier alpha value is -5.04. The van der Waals surface area contributed by atoms with E-state index in [0.717, 1.165) is 4.90 Å². The van der Waals surface area contributed by atoms with Crippen LogP contribution >= 0.6 is 0 Å². The minimum absolute atomic E-state index is 0.0224. The van der Waals surface area contributed by atoms with Gasteiger partial charge in [0.1, 0.15) is 5.76 Å². The molecule has 1 aliphatic heterocycles. The van der Waals surface area contributed by atoms with Gasteiger partial charge in [-0.3, -0.25) is 24.1 Å². The van der Waals surface area contributed by atoms with Crippen LogP contribution in [0.2, 0.25) is 0 Å². The number of nitrogens with zero attached hydrogens (tertiary/aromatic N) is 1. The topological polar surface area (TPSA) is 96.7 Å². The minimum atomic E-state index is -0.390. The summed E-state index contributed by atoms with van der Waals surface area (Å²) in [5.41, 5.74) is 2.56. The zero-order valence-corrected chi connectivity index (χ0v) is 19.0. The van der Waals surface area contributed by atoms with Gasteiger partial charge < -0.3 is 9.73 Å². The van der Waals surface area contributed by atoms with E-state index in [1.54, 1.807) is 91.0 Å². The summed E-state index contributed by atoms with van der Waals surface area (Å²) in [5.74, 6) is -0.777. The molecule has 0 saturated carbocycles. The van der Waals surface area contributed by atoms with Crippen LogP contribution < -0.4 is 5.32 Å². The quantitative estimate of drug-likeness (QED) is 0.224. The fraction of sp³-hybridized carbons (Fsp3) is 0.0345. The third-order valence-corrected chi connectivity index (χ3v) is 5.84. The molecule has 1 N–H and O–H groups in total. The van der Waals surface area contributed by atoms with E-state index in [-0.39, 0.29) is 30.0 Å². The van der Waals surface area contributed by atoms with Gasteiger partial charge in [-0.2, -0.15) is 0 Å². The number of hydrogen-bond acceptors (Lipinski definition) is 5. The molecule has 0 bridgehead atoms. The van der Waals surface area contributed by atoms with E-state index in [2.05, 4.69) is 5.32 Å². The normalized spacial score (nSPS) is 12.7. The smallest absolute Gasteiger partial charge is 0.261 e. The monoisotopic (exact) mass is 476 g/mol. The second kappa shape index (κ2) is 9.68. The molecule has 0 spiro atoms. The molecule has 1 aliphatic rings. The number of nitrogens with one attached hydrogen (secondary N) is 1. The van der Waals surface area contributed by atoms with Gasteiger partial charge in [-0.1, -0.05) is 30.3 Å². The first kappa shape index (κ1) is 22.7. The number of hydrogen-bond donors (Lipinski definition) is 1. The highest BCUT2D eigenvalue weighted by Crippen LogP contribution is 2.25. The maximum Gasteiger partial charge on any atom is 0.261 e. The number of ketones is 1. The standard InChI is InChI=1S/C29H20N2O5/c32-26(16-15-22-7-5-17-36-22)19-11-13-21(14-12-19)30-27(33)23-8-2-1-6-20(23)18-31-28(34)24-9-3-4-10-25(24)29(31)35/h1-17H,18H2,(H,30,33)/b16-15+. The first-order chi connectivity index (χ1) is 17.5. The van der Waals surface area contributed by atoms with Gasteiger partial charge in [-0.25, -0.2) is 0 Å². The lowest BCUT2D eigenvalue weighted by Crippen LogP contribution is -2.30. The van der Waals surface area contributed by atoms with E-state index < -0.39 is 0 Å². The van der Waals surface area contributed by atoms with Crippen LogP contribution in [0.1, 0.15) is 52.8 Å². The number of fused-ring (bicyclic) bond motifs is 1. The summed E-state index contributed by atoms with van der Waals surface area (Å²) in [5, 5.41) is 2.81. The number of furan rings is 1. The highest BCUT2D eigenvalue weighted by molar-refractivity contribution is 6.21. The molecule has 0 aliphatic carbocycles. The molecule has 3 aromatic carbocycles. The van der Waals surface area contributed by atoms with Crippen molar-refractivity contribution in [1.29, 1.82) is 0 Å². The summed E-state index contributed by atoms with van der Waals surface area (Å²) in [7, 11) is 0. The van der Waals surface area contributed by atoms with Crippen LogP contribution in [0.5, 0.6) is 0 Å². The Bertz CT molecular complexity index is 1470. The van der Waals surface area contributed by atoms with E-state index in [0.29, 0.717) is 39.3 Å². The van der Waals surface area contributed by atoms with Crippen LogP contribution in [0, 0.1) is 0 Å². The van der Waals surface area contributed by atoms with Crippen molar-refractivity contribution < 1.29 is 23.6 Å². The number of benzene rings is 3. The Kier molecular flexibility index (Phi) is 6.11. The third kappa shape index (κ3) is 4.50. The highest BCUT2D eigenvalue weighted by Gasteiger charge is 2.35. The molecule has 0 radical (unpaired) electrons. The van der Waals surface area contributed by atoms with Crippen molar-refractivity contribution in [3.63, 3.8) is 0 Å². The molecule has 7 heteroatoms. The SMILES string of the molecule is O=C(/C=C/c1ccco1)c1ccc(NC(=O)c2ccccc2CN2C(=O)c3ccccc3C2=O)cc1. The summed E-state index contributed by atoms with van der Waals surface area (Å²) in [6.45, 7) is -0.0224. The first-order valence-electron chi connectivity index (χ1n) is 11.2. The highest BCUT2D eigenvalue weighted by atomic mass is 16.3. The maximum absolute atomic E-state index is 13.1. The first-order valence-corrected chi connectivity index (χ1v) is 11.2. The predicted molar refractivity (Wildman–Crippen MR) is 134 cm³/mol. The van der Waals surface area contributed by atoms with Crippen molar-refractivity contribution in [2.24, 2.45) is 0 Å². The van der Waals surface area contributed by atoms with Gasteiger partial charge >= 0.3 is 0 Å². The van der Waals surface area contributed by atoms with Crippen LogP contribution in [-0.4, -0.2) is 28.4 Å². The molecule has 4 aromatic rings. The summed E-state index contributed by atoms with van der Waals surface area (Å²) in [4.78, 5) is 52.1. The Morgan fingerprint density at radius 3 is 2.14 bits per heavy atom. The van der Waals surface area contributed by atoms with Crippen molar-refractivity contribution in [2.45, 2.75) is 6.54 Å². The molecular formula is C29H20N2O5. The van der Waals surface area contributed by atoms with Crippen molar-refractivity contribution in [3.05, 3.63) is 131 Å².